The van der Waals surface area contributed by atoms with Crippen LogP contribution in [-0.4, -0.2) is 45.3 Å². The molecule has 8 heteroatoms. The van der Waals surface area contributed by atoms with Crippen LogP contribution in [-0.2, 0) is 19.5 Å². The van der Waals surface area contributed by atoms with Crippen molar-refractivity contribution < 1.29 is 4.39 Å². The van der Waals surface area contributed by atoms with Gasteiger partial charge in [-0.25, -0.2) is 4.39 Å². The predicted molar refractivity (Wildman–Crippen MR) is 120 cm³/mol. The summed E-state index contributed by atoms with van der Waals surface area (Å²) < 4.78 is 15.5. The van der Waals surface area contributed by atoms with Crippen LogP contribution in [0.25, 0.3) is 0 Å². The molecule has 1 N–H and O–H groups in total. The van der Waals surface area contributed by atoms with E-state index >= 15 is 0 Å². The number of aromatic nitrogens is 3. The molecule has 0 unspecified atom stereocenters. The van der Waals surface area contributed by atoms with Crippen LogP contribution < -0.4 is 5.32 Å². The summed E-state index contributed by atoms with van der Waals surface area (Å²) in [4.78, 5) is 6.89. The number of nitrogens with one attached hydrogen (secondary N) is 1. The largest absolute Gasteiger partial charge is 0.354 e. The summed E-state index contributed by atoms with van der Waals surface area (Å²) in [5.41, 5.74) is 0.936. The van der Waals surface area contributed by atoms with Crippen LogP contribution >= 0.6 is 24.0 Å². The van der Waals surface area contributed by atoms with Crippen molar-refractivity contribution in [2.24, 2.45) is 4.99 Å². The van der Waals surface area contributed by atoms with E-state index in [2.05, 4.69) is 27.3 Å². The summed E-state index contributed by atoms with van der Waals surface area (Å²) in [5.74, 6) is 1.64. The number of guanidine groups is 1. The summed E-state index contributed by atoms with van der Waals surface area (Å²) in [6.45, 7) is 4.08. The van der Waals surface area contributed by atoms with Crippen molar-refractivity contribution in [2.75, 3.05) is 13.6 Å². The molecule has 1 heterocycles. The molecule has 0 amide bonds. The molecule has 154 valence electrons. The minimum atomic E-state index is -0.206. The number of halogens is 2. The maximum atomic E-state index is 13.5. The lowest BCUT2D eigenvalue weighted by Gasteiger charge is -2.25. The first-order chi connectivity index (χ1) is 13.2. The molecule has 0 spiro atoms. The average molecular weight is 500 g/mol. The van der Waals surface area contributed by atoms with Crippen molar-refractivity contribution in [2.45, 2.75) is 58.2 Å². The van der Waals surface area contributed by atoms with Gasteiger partial charge in [-0.15, -0.1) is 34.2 Å². The van der Waals surface area contributed by atoms with Gasteiger partial charge in [-0.05, 0) is 30.5 Å². The van der Waals surface area contributed by atoms with Crippen LogP contribution in [0.5, 0.6) is 0 Å². The molecular weight excluding hydrogens is 470 g/mol. The van der Waals surface area contributed by atoms with Crippen LogP contribution in [0.15, 0.2) is 35.6 Å². The van der Waals surface area contributed by atoms with E-state index in [1.807, 2.05) is 17.7 Å². The summed E-state index contributed by atoms with van der Waals surface area (Å²) >= 11 is 0. The van der Waals surface area contributed by atoms with Gasteiger partial charge in [0.1, 0.15) is 18.0 Å². The molecule has 28 heavy (non-hydrogen) atoms. The Balaban J connectivity index is 0.00000280. The van der Waals surface area contributed by atoms with Gasteiger partial charge in [0.15, 0.2) is 5.96 Å². The topological polar surface area (TPSA) is 58.3 Å². The van der Waals surface area contributed by atoms with E-state index in [1.54, 1.807) is 18.5 Å². The van der Waals surface area contributed by atoms with Gasteiger partial charge in [0.25, 0.3) is 0 Å². The van der Waals surface area contributed by atoms with E-state index in [0.29, 0.717) is 19.1 Å². The van der Waals surface area contributed by atoms with Crippen molar-refractivity contribution in [1.29, 1.82) is 0 Å². The van der Waals surface area contributed by atoms with Gasteiger partial charge in [0, 0.05) is 32.6 Å². The first-order valence-electron chi connectivity index (χ1n) is 9.79. The Bertz CT molecular complexity index is 757. The van der Waals surface area contributed by atoms with E-state index in [0.717, 1.165) is 30.3 Å². The first kappa shape index (κ1) is 22.6. The highest BCUT2D eigenvalue weighted by atomic mass is 127. The lowest BCUT2D eigenvalue weighted by Crippen LogP contribution is -2.43. The number of hydrogen-bond acceptors (Lipinski definition) is 3. The smallest absolute Gasteiger partial charge is 0.194 e. The Labute approximate surface area is 183 Å². The van der Waals surface area contributed by atoms with Crippen molar-refractivity contribution in [3.05, 3.63) is 47.8 Å². The van der Waals surface area contributed by atoms with Crippen LogP contribution in [0.3, 0.4) is 0 Å². The Hall–Kier alpha value is -1.71. The molecule has 3 rings (SSSR count). The molecule has 0 aliphatic heterocycles. The Morgan fingerprint density at radius 3 is 2.86 bits per heavy atom. The molecule has 0 bridgehead atoms. The molecule has 1 fully saturated rings. The fraction of sp³-hybridized carbons (Fsp3) is 0.550. The number of hydrogen-bond donors (Lipinski definition) is 1. The van der Waals surface area contributed by atoms with E-state index in [1.165, 1.54) is 31.7 Å². The van der Waals surface area contributed by atoms with E-state index in [9.17, 15) is 4.39 Å². The second kappa shape index (κ2) is 11.3. The molecule has 0 radical (unpaired) electrons. The molecule has 6 nitrogen and oxygen atoms in total. The van der Waals surface area contributed by atoms with Crippen molar-refractivity contribution >= 4 is 29.9 Å². The summed E-state index contributed by atoms with van der Waals surface area (Å²) in [6, 6.07) is 7.21. The zero-order chi connectivity index (χ0) is 19.1. The maximum absolute atomic E-state index is 13.5. The summed E-state index contributed by atoms with van der Waals surface area (Å²) in [6.07, 6.45) is 7.50. The molecule has 1 saturated carbocycles. The van der Waals surface area contributed by atoms with Crippen molar-refractivity contribution in [3.8, 4) is 0 Å². The lowest BCUT2D eigenvalue weighted by molar-refractivity contribution is 0.454. The van der Waals surface area contributed by atoms with Crippen LogP contribution in [0.4, 0.5) is 4.39 Å². The lowest BCUT2D eigenvalue weighted by atomic mass is 10.2. The van der Waals surface area contributed by atoms with Crippen LogP contribution in [0.2, 0.25) is 0 Å². The SMILES string of the molecule is CCc1nncn1CCN=C(NC1CCCC1)N(C)Cc1cccc(F)c1.I. The fourth-order valence-corrected chi connectivity index (χ4v) is 3.52. The van der Waals surface area contributed by atoms with Gasteiger partial charge in [-0.2, -0.15) is 0 Å². The molecular formula is C20H30FIN6. The Morgan fingerprint density at radius 2 is 2.14 bits per heavy atom. The monoisotopic (exact) mass is 500 g/mol. The molecule has 0 atom stereocenters. The Morgan fingerprint density at radius 1 is 1.36 bits per heavy atom. The Kier molecular flexibility index (Phi) is 9.14. The average Bonchev–Trinajstić information content (AvgIpc) is 3.32. The van der Waals surface area contributed by atoms with Gasteiger partial charge in [-0.1, -0.05) is 31.9 Å². The van der Waals surface area contributed by atoms with Gasteiger partial charge >= 0.3 is 0 Å². The number of benzene rings is 1. The van der Waals surface area contributed by atoms with Crippen LogP contribution in [0, 0.1) is 5.82 Å². The molecule has 1 aromatic heterocycles. The normalized spacial score (nSPS) is 14.8. The number of nitrogens with zero attached hydrogens (tertiary/aromatic N) is 5. The third-order valence-electron chi connectivity index (χ3n) is 4.97. The van der Waals surface area contributed by atoms with Gasteiger partial charge in [0.2, 0.25) is 0 Å². The highest BCUT2D eigenvalue weighted by molar-refractivity contribution is 14.0. The fourth-order valence-electron chi connectivity index (χ4n) is 3.52. The van der Waals surface area contributed by atoms with E-state index in [4.69, 9.17) is 4.99 Å². The molecule has 1 aliphatic carbocycles. The zero-order valence-corrected chi connectivity index (χ0v) is 19.0. The predicted octanol–water partition coefficient (Wildman–Crippen LogP) is 3.62. The van der Waals surface area contributed by atoms with Crippen LogP contribution in [0.1, 0.15) is 44.0 Å². The second-order valence-electron chi connectivity index (χ2n) is 7.11. The summed E-state index contributed by atoms with van der Waals surface area (Å²) in [5, 5.41) is 11.7. The third kappa shape index (κ3) is 6.42. The van der Waals surface area contributed by atoms with Crippen molar-refractivity contribution in [3.63, 3.8) is 0 Å². The maximum Gasteiger partial charge on any atom is 0.194 e. The van der Waals surface area contributed by atoms with Gasteiger partial charge in [0.05, 0.1) is 6.54 Å². The molecule has 1 aliphatic rings. The standard InChI is InChI=1S/C20H29FN6.HI/c1-3-19-25-23-15-27(19)12-11-22-20(24-18-9-4-5-10-18)26(2)14-16-7-6-8-17(21)13-16;/h6-8,13,15,18H,3-5,9-12,14H2,1-2H3,(H,22,24);1H. The first-order valence-corrected chi connectivity index (χ1v) is 9.79. The van der Waals surface area contributed by atoms with E-state index < -0.39 is 0 Å². The molecule has 2 aromatic rings. The number of aliphatic imine (C=N–C) groups is 1. The summed E-state index contributed by atoms with van der Waals surface area (Å²) in [7, 11) is 2.00. The van der Waals surface area contributed by atoms with Gasteiger partial charge in [-0.3, -0.25) is 4.99 Å². The third-order valence-corrected chi connectivity index (χ3v) is 4.97. The number of aryl methyl sites for hydroxylation is 1. The zero-order valence-electron chi connectivity index (χ0n) is 16.6. The second-order valence-corrected chi connectivity index (χ2v) is 7.11. The minimum absolute atomic E-state index is 0. The number of rotatable bonds is 7. The van der Waals surface area contributed by atoms with E-state index in [-0.39, 0.29) is 29.8 Å². The molecule has 0 saturated heterocycles. The quantitative estimate of drug-likeness (QED) is 0.359. The van der Waals surface area contributed by atoms with Crippen molar-refractivity contribution in [1.82, 2.24) is 25.0 Å². The highest BCUT2D eigenvalue weighted by Gasteiger charge is 2.18. The molecule has 1 aromatic carbocycles. The minimum Gasteiger partial charge on any atom is -0.354 e. The van der Waals surface area contributed by atoms with Gasteiger partial charge < -0.3 is 14.8 Å². The highest BCUT2D eigenvalue weighted by Crippen LogP contribution is 2.18.